The molecule has 0 amide bonds. The number of benzene rings is 1. The molecule has 2 heterocycles. The first-order chi connectivity index (χ1) is 10.6. The van der Waals surface area contributed by atoms with E-state index in [-0.39, 0.29) is 16.5 Å². The van der Waals surface area contributed by atoms with Crippen molar-refractivity contribution in [3.8, 4) is 0 Å². The highest BCUT2D eigenvalue weighted by Gasteiger charge is 2.21. The molecule has 0 aliphatic heterocycles. The largest absolute Gasteiger partial charge is 0.354 e. The van der Waals surface area contributed by atoms with Crippen molar-refractivity contribution in [2.45, 2.75) is 5.92 Å². The van der Waals surface area contributed by atoms with Crippen LogP contribution in [0.25, 0.3) is 0 Å². The van der Waals surface area contributed by atoms with Crippen LogP contribution in [0.2, 0.25) is 0 Å². The molecule has 0 spiro atoms. The Bertz CT molecular complexity index is 759. The van der Waals surface area contributed by atoms with Gasteiger partial charge in [-0.3, -0.25) is 10.1 Å². The topological polar surface area (TPSA) is 53.0 Å². The van der Waals surface area contributed by atoms with Crippen LogP contribution in [0.5, 0.6) is 0 Å². The van der Waals surface area contributed by atoms with Crippen LogP contribution < -0.4 is 0 Å². The van der Waals surface area contributed by atoms with Crippen molar-refractivity contribution < 1.29 is 4.92 Å². The number of aryl methyl sites for hydroxylation is 2. The van der Waals surface area contributed by atoms with Gasteiger partial charge < -0.3 is 9.13 Å². The Morgan fingerprint density at radius 2 is 1.41 bits per heavy atom. The fourth-order valence-corrected chi connectivity index (χ4v) is 2.83. The number of hydrogen-bond donors (Lipinski definition) is 0. The van der Waals surface area contributed by atoms with Crippen molar-refractivity contribution in [2.75, 3.05) is 0 Å². The predicted octanol–water partition coefficient (Wildman–Crippen LogP) is 3.45. The minimum atomic E-state index is -0.371. The summed E-state index contributed by atoms with van der Waals surface area (Å²) in [5.74, 6) is 0.0424. The van der Waals surface area contributed by atoms with Crippen LogP contribution in [0.15, 0.2) is 60.9 Å². The van der Waals surface area contributed by atoms with Gasteiger partial charge in [-0.1, -0.05) is 12.1 Å². The maximum absolute atomic E-state index is 10.8. The SMILES string of the molecule is Cn1cccc1C(c1ccc([N+](=O)[O-])cc1)c1cccn1C. The third kappa shape index (κ3) is 2.41. The summed E-state index contributed by atoms with van der Waals surface area (Å²) in [6.45, 7) is 0. The summed E-state index contributed by atoms with van der Waals surface area (Å²) in [6, 6.07) is 15.0. The van der Waals surface area contributed by atoms with Crippen LogP contribution in [-0.2, 0) is 14.1 Å². The van der Waals surface area contributed by atoms with Gasteiger partial charge >= 0.3 is 0 Å². The van der Waals surface area contributed by atoms with Crippen molar-refractivity contribution in [1.82, 2.24) is 9.13 Å². The number of nitro groups is 1. The van der Waals surface area contributed by atoms with Gasteiger partial charge in [-0.2, -0.15) is 0 Å². The zero-order chi connectivity index (χ0) is 15.7. The van der Waals surface area contributed by atoms with E-state index >= 15 is 0 Å². The Morgan fingerprint density at radius 3 is 1.77 bits per heavy atom. The Balaban J connectivity index is 2.12. The molecule has 2 aromatic heterocycles. The number of nitro benzene ring substituents is 1. The second-order valence-corrected chi connectivity index (χ2v) is 5.37. The van der Waals surface area contributed by atoms with Crippen molar-refractivity contribution in [1.29, 1.82) is 0 Å². The molecule has 0 saturated carbocycles. The lowest BCUT2D eigenvalue weighted by Gasteiger charge is -2.20. The smallest absolute Gasteiger partial charge is 0.269 e. The molecule has 0 unspecified atom stereocenters. The van der Waals surface area contributed by atoms with E-state index in [1.54, 1.807) is 12.1 Å². The molecule has 0 saturated heterocycles. The van der Waals surface area contributed by atoms with E-state index in [1.807, 2.05) is 50.8 Å². The van der Waals surface area contributed by atoms with Crippen LogP contribution in [0, 0.1) is 10.1 Å². The lowest BCUT2D eigenvalue weighted by atomic mass is 9.92. The van der Waals surface area contributed by atoms with Crippen molar-refractivity contribution in [3.63, 3.8) is 0 Å². The molecule has 0 aliphatic carbocycles. The van der Waals surface area contributed by atoms with Crippen LogP contribution >= 0.6 is 0 Å². The van der Waals surface area contributed by atoms with Gasteiger partial charge in [0.1, 0.15) is 0 Å². The third-order valence-corrected chi connectivity index (χ3v) is 4.00. The van der Waals surface area contributed by atoms with Crippen LogP contribution in [0.4, 0.5) is 5.69 Å². The van der Waals surface area contributed by atoms with Gasteiger partial charge in [0.25, 0.3) is 5.69 Å². The maximum atomic E-state index is 10.8. The summed E-state index contributed by atoms with van der Waals surface area (Å²) >= 11 is 0. The minimum Gasteiger partial charge on any atom is -0.354 e. The van der Waals surface area contributed by atoms with Gasteiger partial charge in [0.15, 0.2) is 0 Å². The number of hydrogen-bond acceptors (Lipinski definition) is 2. The zero-order valence-electron chi connectivity index (χ0n) is 12.5. The highest BCUT2D eigenvalue weighted by molar-refractivity contribution is 5.42. The van der Waals surface area contributed by atoms with Crippen molar-refractivity contribution in [2.24, 2.45) is 14.1 Å². The molecular weight excluding hydrogens is 278 g/mol. The Kier molecular flexibility index (Phi) is 3.55. The zero-order valence-corrected chi connectivity index (χ0v) is 12.5. The Hall–Kier alpha value is -2.82. The molecule has 22 heavy (non-hydrogen) atoms. The number of non-ortho nitro benzene ring substituents is 1. The molecule has 0 bridgehead atoms. The third-order valence-electron chi connectivity index (χ3n) is 4.00. The van der Waals surface area contributed by atoms with Gasteiger partial charge in [-0.15, -0.1) is 0 Å². The summed E-state index contributed by atoms with van der Waals surface area (Å²) in [7, 11) is 4.02. The van der Waals surface area contributed by atoms with E-state index < -0.39 is 0 Å². The van der Waals surface area contributed by atoms with Gasteiger partial charge in [-0.25, -0.2) is 0 Å². The average molecular weight is 295 g/mol. The maximum Gasteiger partial charge on any atom is 0.269 e. The van der Waals surface area contributed by atoms with E-state index in [2.05, 4.69) is 21.3 Å². The molecule has 112 valence electrons. The standard InChI is InChI=1S/C17H17N3O2/c1-18-11-3-5-15(18)17(16-6-4-12-19(16)2)13-7-9-14(10-8-13)20(21)22/h3-12,17H,1-2H3. The fraction of sp³-hybridized carbons (Fsp3) is 0.176. The first kappa shape index (κ1) is 14.1. The summed E-state index contributed by atoms with van der Waals surface area (Å²) in [6.07, 6.45) is 4.02. The quantitative estimate of drug-likeness (QED) is 0.547. The molecule has 5 nitrogen and oxygen atoms in total. The molecule has 3 rings (SSSR count). The van der Waals surface area contributed by atoms with Crippen LogP contribution in [0.3, 0.4) is 0 Å². The fourth-order valence-electron chi connectivity index (χ4n) is 2.83. The monoisotopic (exact) mass is 295 g/mol. The number of nitrogens with zero attached hydrogens (tertiary/aromatic N) is 3. The van der Waals surface area contributed by atoms with E-state index in [1.165, 1.54) is 0 Å². The van der Waals surface area contributed by atoms with E-state index in [4.69, 9.17) is 0 Å². The molecule has 5 heteroatoms. The first-order valence-electron chi connectivity index (χ1n) is 7.04. The molecule has 3 aromatic rings. The number of aromatic nitrogens is 2. The lowest BCUT2D eigenvalue weighted by Crippen LogP contribution is -2.11. The number of rotatable bonds is 4. The minimum absolute atomic E-state index is 0.0424. The summed E-state index contributed by atoms with van der Waals surface area (Å²) < 4.78 is 4.16. The molecular formula is C17H17N3O2. The van der Waals surface area contributed by atoms with Crippen molar-refractivity contribution >= 4 is 5.69 Å². The van der Waals surface area contributed by atoms with E-state index in [0.717, 1.165) is 17.0 Å². The molecule has 0 aliphatic rings. The summed E-state index contributed by atoms with van der Waals surface area (Å²) in [5.41, 5.74) is 3.45. The normalized spacial score (nSPS) is 11.0. The van der Waals surface area contributed by atoms with Crippen LogP contribution in [0.1, 0.15) is 22.9 Å². The van der Waals surface area contributed by atoms with E-state index in [0.29, 0.717) is 0 Å². The Labute approximate surface area is 128 Å². The summed E-state index contributed by atoms with van der Waals surface area (Å²) in [5, 5.41) is 10.8. The van der Waals surface area contributed by atoms with Gasteiger partial charge in [-0.05, 0) is 29.8 Å². The Morgan fingerprint density at radius 1 is 0.909 bits per heavy atom. The second kappa shape index (κ2) is 5.52. The highest BCUT2D eigenvalue weighted by atomic mass is 16.6. The van der Waals surface area contributed by atoms with Crippen LogP contribution in [-0.4, -0.2) is 14.1 Å². The van der Waals surface area contributed by atoms with Gasteiger partial charge in [0.2, 0.25) is 0 Å². The summed E-state index contributed by atoms with van der Waals surface area (Å²) in [4.78, 5) is 10.5. The average Bonchev–Trinajstić information content (AvgIpc) is 3.10. The van der Waals surface area contributed by atoms with E-state index in [9.17, 15) is 10.1 Å². The molecule has 0 radical (unpaired) electrons. The first-order valence-corrected chi connectivity index (χ1v) is 7.04. The van der Waals surface area contributed by atoms with Gasteiger partial charge in [0, 0.05) is 50.0 Å². The molecule has 1 aromatic carbocycles. The highest BCUT2D eigenvalue weighted by Crippen LogP contribution is 2.32. The second-order valence-electron chi connectivity index (χ2n) is 5.37. The van der Waals surface area contributed by atoms with Crippen molar-refractivity contribution in [3.05, 3.63) is 88.0 Å². The molecule has 0 fully saturated rings. The molecule has 0 N–H and O–H groups in total. The lowest BCUT2D eigenvalue weighted by molar-refractivity contribution is -0.384. The van der Waals surface area contributed by atoms with Gasteiger partial charge in [0.05, 0.1) is 10.8 Å². The predicted molar refractivity (Wildman–Crippen MR) is 84.9 cm³/mol. The molecule has 0 atom stereocenters.